The van der Waals surface area contributed by atoms with Crippen molar-refractivity contribution in [3.8, 4) is 0 Å². The molecule has 0 aromatic carbocycles. The molecular weight excluding hydrogens is 197 g/mol. The molecule has 1 saturated carbocycles. The van der Waals surface area contributed by atoms with Crippen molar-refractivity contribution in [1.82, 2.24) is 5.32 Å². The lowest BCUT2D eigenvalue weighted by atomic mass is 9.81. The molecule has 1 rings (SSSR count). The molecule has 15 heavy (non-hydrogen) atoms. The predicted molar refractivity (Wildman–Crippen MR) is 56.4 cm³/mol. The molecule has 1 amide bonds. The number of hydrogen-bond acceptors (Lipinski definition) is 2. The summed E-state index contributed by atoms with van der Waals surface area (Å²) < 4.78 is 18.8. The van der Waals surface area contributed by atoms with Gasteiger partial charge in [0.1, 0.15) is 5.67 Å². The van der Waals surface area contributed by atoms with E-state index in [0.717, 1.165) is 12.8 Å². The van der Waals surface area contributed by atoms with Crippen LogP contribution in [0, 0.1) is 5.92 Å². The predicted octanol–water partition coefficient (Wildman–Crippen LogP) is 1.67. The second-order valence-electron chi connectivity index (χ2n) is 4.50. The molecule has 0 radical (unpaired) electrons. The Morgan fingerprint density at radius 2 is 2.20 bits per heavy atom. The number of amides is 1. The minimum absolute atomic E-state index is 0.491. The number of alkyl halides is 1. The molecule has 0 heterocycles. The van der Waals surface area contributed by atoms with Crippen molar-refractivity contribution in [3.63, 3.8) is 0 Å². The van der Waals surface area contributed by atoms with Gasteiger partial charge in [-0.25, -0.2) is 4.39 Å². The second kappa shape index (κ2) is 6.05. The van der Waals surface area contributed by atoms with Gasteiger partial charge in [0.15, 0.2) is 0 Å². The Morgan fingerprint density at radius 3 is 2.80 bits per heavy atom. The number of ether oxygens (including phenoxy) is 1. The zero-order chi connectivity index (χ0) is 11.1. The Labute approximate surface area is 90.4 Å². The van der Waals surface area contributed by atoms with Gasteiger partial charge in [0.05, 0.1) is 6.61 Å². The molecular formula is C11H20FNO2. The van der Waals surface area contributed by atoms with Crippen molar-refractivity contribution >= 4 is 6.41 Å². The van der Waals surface area contributed by atoms with Crippen LogP contribution in [0.4, 0.5) is 4.39 Å². The molecule has 3 nitrogen and oxygen atoms in total. The van der Waals surface area contributed by atoms with E-state index in [1.165, 1.54) is 0 Å². The third-order valence-corrected chi connectivity index (χ3v) is 2.98. The lowest BCUT2D eigenvalue weighted by Gasteiger charge is -2.30. The lowest BCUT2D eigenvalue weighted by molar-refractivity contribution is -0.109. The molecule has 0 aromatic rings. The van der Waals surface area contributed by atoms with Crippen LogP contribution in [0.1, 0.15) is 32.6 Å². The van der Waals surface area contributed by atoms with Gasteiger partial charge in [0.2, 0.25) is 6.41 Å². The summed E-state index contributed by atoms with van der Waals surface area (Å²) in [5.41, 5.74) is -0.963. The Morgan fingerprint density at radius 1 is 1.53 bits per heavy atom. The summed E-state index contributed by atoms with van der Waals surface area (Å²) >= 11 is 0. The summed E-state index contributed by atoms with van der Waals surface area (Å²) in [6, 6.07) is 0. The highest BCUT2D eigenvalue weighted by molar-refractivity contribution is 5.45. The summed E-state index contributed by atoms with van der Waals surface area (Å²) in [4.78, 5) is 9.93. The van der Waals surface area contributed by atoms with Crippen LogP contribution in [-0.4, -0.2) is 31.8 Å². The smallest absolute Gasteiger partial charge is 0.207 e. The van der Waals surface area contributed by atoms with Crippen molar-refractivity contribution in [2.45, 2.75) is 38.3 Å². The van der Waals surface area contributed by atoms with Crippen molar-refractivity contribution in [3.05, 3.63) is 0 Å². The summed E-state index contributed by atoms with van der Waals surface area (Å²) in [6.45, 7) is 3.47. The molecule has 0 aromatic heterocycles. The molecule has 0 spiro atoms. The molecule has 0 unspecified atom stereocenters. The number of nitrogens with one attached hydrogen (secondary N) is 1. The first-order valence-corrected chi connectivity index (χ1v) is 5.58. The Balaban J connectivity index is 2.01. The summed E-state index contributed by atoms with van der Waals surface area (Å²) in [7, 11) is 0. The van der Waals surface area contributed by atoms with Gasteiger partial charge in [-0.3, -0.25) is 4.79 Å². The average molecular weight is 217 g/mol. The fourth-order valence-corrected chi connectivity index (χ4v) is 1.89. The van der Waals surface area contributed by atoms with Crippen LogP contribution in [-0.2, 0) is 9.53 Å². The van der Waals surface area contributed by atoms with Gasteiger partial charge in [0.25, 0.3) is 0 Å². The minimum Gasteiger partial charge on any atom is -0.379 e. The van der Waals surface area contributed by atoms with Crippen LogP contribution in [0.15, 0.2) is 0 Å². The van der Waals surface area contributed by atoms with E-state index in [4.69, 9.17) is 4.74 Å². The van der Waals surface area contributed by atoms with Crippen LogP contribution in [0.25, 0.3) is 0 Å². The van der Waals surface area contributed by atoms with Gasteiger partial charge in [-0.05, 0) is 38.5 Å². The van der Waals surface area contributed by atoms with Crippen LogP contribution < -0.4 is 5.32 Å². The van der Waals surface area contributed by atoms with E-state index in [0.29, 0.717) is 44.9 Å². The van der Waals surface area contributed by atoms with E-state index >= 15 is 0 Å². The lowest BCUT2D eigenvalue weighted by Crippen LogP contribution is -2.28. The fourth-order valence-electron chi connectivity index (χ4n) is 1.89. The largest absolute Gasteiger partial charge is 0.379 e. The minimum atomic E-state index is -0.963. The molecule has 0 aliphatic heterocycles. The van der Waals surface area contributed by atoms with Gasteiger partial charge in [-0.1, -0.05) is 0 Å². The van der Waals surface area contributed by atoms with Crippen molar-refractivity contribution in [2.24, 2.45) is 5.92 Å². The standard InChI is InChI=1S/C11H20FNO2/c1-11(12)4-2-10(3-5-11)8-15-7-6-13-9-14/h9-10H,2-8H2,1H3,(H,13,14). The van der Waals surface area contributed by atoms with Crippen molar-refractivity contribution in [2.75, 3.05) is 19.8 Å². The first-order valence-electron chi connectivity index (χ1n) is 5.58. The maximum atomic E-state index is 13.4. The molecule has 1 aliphatic carbocycles. The van der Waals surface area contributed by atoms with E-state index in [1.807, 2.05) is 0 Å². The SMILES string of the molecule is CC1(F)CCC(COCCNC=O)CC1. The summed E-state index contributed by atoms with van der Waals surface area (Å²) in [5.74, 6) is 0.491. The third kappa shape index (κ3) is 5.11. The van der Waals surface area contributed by atoms with Gasteiger partial charge < -0.3 is 10.1 Å². The van der Waals surface area contributed by atoms with Gasteiger partial charge in [0, 0.05) is 13.2 Å². The normalized spacial score (nSPS) is 31.2. The molecule has 4 heteroatoms. The summed E-state index contributed by atoms with van der Waals surface area (Å²) in [5, 5.41) is 2.53. The zero-order valence-electron chi connectivity index (χ0n) is 9.30. The maximum absolute atomic E-state index is 13.4. The number of hydrogen-bond donors (Lipinski definition) is 1. The number of halogens is 1. The quantitative estimate of drug-likeness (QED) is 0.543. The van der Waals surface area contributed by atoms with Crippen molar-refractivity contribution in [1.29, 1.82) is 0 Å². The second-order valence-corrected chi connectivity index (χ2v) is 4.50. The highest BCUT2D eigenvalue weighted by Gasteiger charge is 2.30. The van der Waals surface area contributed by atoms with Crippen molar-refractivity contribution < 1.29 is 13.9 Å². The molecule has 88 valence electrons. The maximum Gasteiger partial charge on any atom is 0.207 e. The van der Waals surface area contributed by atoms with Gasteiger partial charge in [-0.2, -0.15) is 0 Å². The monoisotopic (exact) mass is 217 g/mol. The highest BCUT2D eigenvalue weighted by atomic mass is 19.1. The summed E-state index contributed by atoms with van der Waals surface area (Å²) in [6.07, 6.45) is 3.78. The number of carbonyl (C=O) groups excluding carboxylic acids is 1. The van der Waals surface area contributed by atoms with Crippen LogP contribution in [0.5, 0.6) is 0 Å². The highest BCUT2D eigenvalue weighted by Crippen LogP contribution is 2.34. The Kier molecular flexibility index (Phi) is 5.02. The van der Waals surface area contributed by atoms with E-state index in [1.54, 1.807) is 6.92 Å². The molecule has 1 N–H and O–H groups in total. The van der Waals surface area contributed by atoms with Crippen LogP contribution in [0.3, 0.4) is 0 Å². The fraction of sp³-hybridized carbons (Fsp3) is 0.909. The molecule has 1 aliphatic rings. The van der Waals surface area contributed by atoms with E-state index < -0.39 is 5.67 Å². The Bertz CT molecular complexity index is 187. The topological polar surface area (TPSA) is 38.3 Å². The molecule has 1 fully saturated rings. The van der Waals surface area contributed by atoms with E-state index in [-0.39, 0.29) is 0 Å². The van der Waals surface area contributed by atoms with E-state index in [9.17, 15) is 9.18 Å². The molecule has 0 bridgehead atoms. The van der Waals surface area contributed by atoms with Gasteiger partial charge >= 0.3 is 0 Å². The van der Waals surface area contributed by atoms with Crippen LogP contribution in [0.2, 0.25) is 0 Å². The van der Waals surface area contributed by atoms with Gasteiger partial charge in [-0.15, -0.1) is 0 Å². The molecule has 0 atom stereocenters. The first kappa shape index (κ1) is 12.4. The number of rotatable bonds is 6. The zero-order valence-corrected chi connectivity index (χ0v) is 9.30. The average Bonchev–Trinajstić information content (AvgIpc) is 2.20. The number of carbonyl (C=O) groups is 1. The first-order chi connectivity index (χ1) is 7.14. The Hall–Kier alpha value is -0.640. The molecule has 0 saturated heterocycles. The van der Waals surface area contributed by atoms with Crippen LogP contribution >= 0.6 is 0 Å². The third-order valence-electron chi connectivity index (χ3n) is 2.98. The van der Waals surface area contributed by atoms with E-state index in [2.05, 4.69) is 5.32 Å².